The van der Waals surface area contributed by atoms with Crippen molar-refractivity contribution in [1.82, 2.24) is 9.80 Å². The van der Waals surface area contributed by atoms with Crippen LogP contribution in [0, 0.1) is 0 Å². The first-order chi connectivity index (χ1) is 17.6. The fourth-order valence-corrected chi connectivity index (χ4v) is 10.1. The molecule has 8 heteroatoms. The lowest BCUT2D eigenvalue weighted by Crippen LogP contribution is -2.62. The van der Waals surface area contributed by atoms with E-state index in [2.05, 4.69) is 22.3 Å². The maximum Gasteiger partial charge on any atom is 0.251 e. The number of para-hydroxylation sites is 1. The number of nitrogens with one attached hydrogen (secondary N) is 1. The molecule has 2 spiro atoms. The molecule has 36 heavy (non-hydrogen) atoms. The van der Waals surface area contributed by atoms with E-state index in [0.29, 0.717) is 16.7 Å². The summed E-state index contributed by atoms with van der Waals surface area (Å²) in [5.41, 5.74) is 2.61. The van der Waals surface area contributed by atoms with Crippen molar-refractivity contribution < 1.29 is 9.59 Å². The Morgan fingerprint density at radius 1 is 0.944 bits per heavy atom. The maximum absolute atomic E-state index is 14.9. The number of anilines is 1. The predicted octanol–water partition coefficient (Wildman–Crippen LogP) is 4.81. The summed E-state index contributed by atoms with van der Waals surface area (Å²) in [7, 11) is 0. The molecular weight excluding hydrogens is 507 g/mol. The molecule has 5 nitrogen and oxygen atoms in total. The third kappa shape index (κ3) is 2.76. The Bertz CT molecular complexity index is 1400. The molecule has 180 valence electrons. The molecule has 3 aromatic rings. The van der Waals surface area contributed by atoms with Gasteiger partial charge in [-0.05, 0) is 17.2 Å². The van der Waals surface area contributed by atoms with Crippen molar-refractivity contribution >= 4 is 57.6 Å². The summed E-state index contributed by atoms with van der Waals surface area (Å²) < 4.78 is -0.571. The molecule has 0 aliphatic carbocycles. The van der Waals surface area contributed by atoms with Gasteiger partial charge in [0.2, 0.25) is 5.91 Å². The number of hydrogen-bond acceptors (Lipinski definition) is 6. The molecule has 0 bridgehead atoms. The van der Waals surface area contributed by atoms with Gasteiger partial charge in [-0.2, -0.15) is 0 Å². The molecular formula is C28H23N3O2S3. The normalized spacial score (nSPS) is 30.9. The fraction of sp³-hybridized carbons (Fsp3) is 0.250. The van der Waals surface area contributed by atoms with Gasteiger partial charge in [-0.25, -0.2) is 0 Å². The minimum Gasteiger partial charge on any atom is -0.324 e. The summed E-state index contributed by atoms with van der Waals surface area (Å²) in [5, 5.41) is 3.15. The van der Waals surface area contributed by atoms with Crippen molar-refractivity contribution in [3.63, 3.8) is 0 Å². The van der Waals surface area contributed by atoms with Crippen molar-refractivity contribution in [3.8, 4) is 0 Å². The van der Waals surface area contributed by atoms with Crippen LogP contribution in [0.4, 0.5) is 5.69 Å². The highest BCUT2D eigenvalue weighted by molar-refractivity contribution is 8.25. The number of rotatable bonds is 3. The monoisotopic (exact) mass is 529 g/mol. The zero-order valence-corrected chi connectivity index (χ0v) is 21.7. The van der Waals surface area contributed by atoms with Crippen LogP contribution in [0.3, 0.4) is 0 Å². The van der Waals surface area contributed by atoms with E-state index in [0.717, 1.165) is 28.1 Å². The fourth-order valence-electron chi connectivity index (χ4n) is 6.65. The Balaban J connectivity index is 1.49. The average molecular weight is 530 g/mol. The minimum atomic E-state index is -1.14. The lowest BCUT2D eigenvalue weighted by molar-refractivity contribution is -0.138. The summed E-state index contributed by atoms with van der Waals surface area (Å²) in [6.07, 6.45) is 0. The van der Waals surface area contributed by atoms with E-state index in [1.807, 2.05) is 84.6 Å². The number of thioether (sulfide) groups is 2. The van der Waals surface area contributed by atoms with Crippen LogP contribution >= 0.6 is 35.7 Å². The van der Waals surface area contributed by atoms with Gasteiger partial charge in [0.25, 0.3) is 5.91 Å². The number of fused-ring (bicyclic) bond motifs is 5. The standard InChI is InChI=1S/C28H23N3O2S3/c32-24-27(20-13-7-8-14-21(20)29-24)28(23(19-11-5-2-6-12-19)22-16-35-17-31(22)27)25(33)30(26(34)36-28)15-18-9-3-1-4-10-18/h1-14,22-23H,15-17H2,(H,29,32)/t22-,23-,27-,28-/m1/s1. The first kappa shape index (κ1) is 22.5. The SMILES string of the molecule is O=C1N(Cc2ccccc2)C(=S)S[C@]12[C@H](c1ccccc1)[C@H]1CSCN1[C@]21C(=O)Nc2ccccc21. The molecule has 0 unspecified atom stereocenters. The first-order valence-corrected chi connectivity index (χ1v) is 14.4. The smallest absolute Gasteiger partial charge is 0.251 e. The molecule has 2 amide bonds. The zero-order valence-electron chi connectivity index (χ0n) is 19.3. The van der Waals surface area contributed by atoms with Crippen molar-refractivity contribution in [3.05, 3.63) is 102 Å². The minimum absolute atomic E-state index is 0.0326. The van der Waals surface area contributed by atoms with Gasteiger partial charge in [-0.1, -0.05) is 103 Å². The van der Waals surface area contributed by atoms with Gasteiger partial charge in [0, 0.05) is 34.8 Å². The Kier molecular flexibility index (Phi) is 5.12. The van der Waals surface area contributed by atoms with Gasteiger partial charge >= 0.3 is 0 Å². The summed E-state index contributed by atoms with van der Waals surface area (Å²) in [4.78, 5) is 33.2. The molecule has 4 aliphatic heterocycles. The van der Waals surface area contributed by atoms with E-state index in [-0.39, 0.29) is 23.8 Å². The van der Waals surface area contributed by atoms with Gasteiger partial charge < -0.3 is 5.32 Å². The van der Waals surface area contributed by atoms with Gasteiger partial charge in [-0.3, -0.25) is 19.4 Å². The van der Waals surface area contributed by atoms with E-state index in [1.165, 1.54) is 11.8 Å². The molecule has 4 heterocycles. The summed E-state index contributed by atoms with van der Waals surface area (Å²) >= 11 is 9.19. The second kappa shape index (κ2) is 8.18. The second-order valence-corrected chi connectivity index (χ2v) is 12.5. The number of nitrogens with zero attached hydrogens (tertiary/aromatic N) is 2. The Hall–Kier alpha value is -2.65. The second-order valence-electron chi connectivity index (χ2n) is 9.62. The molecule has 0 aromatic heterocycles. The number of carbonyl (C=O) groups is 2. The van der Waals surface area contributed by atoms with Crippen LogP contribution in [0.25, 0.3) is 0 Å². The van der Waals surface area contributed by atoms with Crippen LogP contribution in [-0.2, 0) is 21.7 Å². The Labute approximate surface area is 223 Å². The van der Waals surface area contributed by atoms with Gasteiger partial charge in [0.05, 0.1) is 6.54 Å². The number of hydrogen-bond donors (Lipinski definition) is 1. The summed E-state index contributed by atoms with van der Waals surface area (Å²) in [6.45, 7) is 0.396. The molecule has 4 aliphatic rings. The third-order valence-corrected chi connectivity index (χ3v) is 10.9. The van der Waals surface area contributed by atoms with Crippen molar-refractivity contribution in [2.24, 2.45) is 0 Å². The molecule has 3 saturated heterocycles. The molecule has 1 N–H and O–H groups in total. The molecule has 0 radical (unpaired) electrons. The zero-order chi connectivity index (χ0) is 24.5. The van der Waals surface area contributed by atoms with Crippen LogP contribution in [0.2, 0.25) is 0 Å². The van der Waals surface area contributed by atoms with Crippen LogP contribution in [0.5, 0.6) is 0 Å². The molecule has 4 atom stereocenters. The van der Waals surface area contributed by atoms with Gasteiger partial charge in [0.1, 0.15) is 9.07 Å². The van der Waals surface area contributed by atoms with Crippen LogP contribution in [0.1, 0.15) is 22.6 Å². The van der Waals surface area contributed by atoms with Crippen LogP contribution in [-0.4, -0.2) is 48.4 Å². The Morgan fingerprint density at radius 3 is 2.42 bits per heavy atom. The summed E-state index contributed by atoms with van der Waals surface area (Å²) in [6, 6.07) is 28.0. The van der Waals surface area contributed by atoms with Crippen LogP contribution in [0.15, 0.2) is 84.9 Å². The maximum atomic E-state index is 14.9. The number of thiocarbonyl (C=S) groups is 1. The van der Waals surface area contributed by atoms with E-state index in [4.69, 9.17) is 12.2 Å². The number of amides is 2. The highest BCUT2D eigenvalue weighted by Crippen LogP contribution is 2.69. The first-order valence-electron chi connectivity index (χ1n) is 12.0. The third-order valence-electron chi connectivity index (χ3n) is 7.98. The lowest BCUT2D eigenvalue weighted by Gasteiger charge is -2.42. The lowest BCUT2D eigenvalue weighted by atomic mass is 9.71. The highest BCUT2D eigenvalue weighted by atomic mass is 32.2. The van der Waals surface area contributed by atoms with E-state index in [1.54, 1.807) is 4.90 Å². The van der Waals surface area contributed by atoms with Crippen LogP contribution < -0.4 is 5.32 Å². The van der Waals surface area contributed by atoms with Crippen molar-refractivity contribution in [2.45, 2.75) is 28.8 Å². The number of carbonyl (C=O) groups excluding carboxylic acids is 2. The van der Waals surface area contributed by atoms with E-state index >= 15 is 0 Å². The molecule has 0 saturated carbocycles. The quantitative estimate of drug-likeness (QED) is 0.492. The largest absolute Gasteiger partial charge is 0.324 e. The van der Waals surface area contributed by atoms with Crippen molar-refractivity contribution in [1.29, 1.82) is 0 Å². The van der Waals surface area contributed by atoms with E-state index in [9.17, 15) is 9.59 Å². The van der Waals surface area contributed by atoms with Crippen molar-refractivity contribution in [2.75, 3.05) is 16.9 Å². The van der Waals surface area contributed by atoms with E-state index < -0.39 is 10.3 Å². The molecule has 3 aromatic carbocycles. The molecule has 7 rings (SSSR count). The predicted molar refractivity (Wildman–Crippen MR) is 149 cm³/mol. The topological polar surface area (TPSA) is 52.7 Å². The average Bonchev–Trinajstić information content (AvgIpc) is 3.61. The highest BCUT2D eigenvalue weighted by Gasteiger charge is 2.81. The molecule has 3 fully saturated rings. The Morgan fingerprint density at radius 2 is 1.64 bits per heavy atom. The summed E-state index contributed by atoms with van der Waals surface area (Å²) in [5.74, 6) is 1.16. The number of benzene rings is 3. The van der Waals surface area contributed by atoms with Gasteiger partial charge in [0.15, 0.2) is 5.54 Å². The van der Waals surface area contributed by atoms with Gasteiger partial charge in [-0.15, -0.1) is 11.8 Å².